The molecule has 20 heavy (non-hydrogen) atoms. The van der Waals surface area contributed by atoms with Gasteiger partial charge in [0, 0.05) is 15.0 Å². The minimum atomic E-state index is 0.854. The minimum absolute atomic E-state index is 0.854. The second kappa shape index (κ2) is 7.38. The number of nitrogens with one attached hydrogen (secondary N) is 1. The Morgan fingerprint density at radius 3 is 2.80 bits per heavy atom. The molecule has 0 aliphatic heterocycles. The van der Waals surface area contributed by atoms with Crippen molar-refractivity contribution in [1.29, 1.82) is 0 Å². The van der Waals surface area contributed by atoms with E-state index in [1.165, 1.54) is 27.0 Å². The van der Waals surface area contributed by atoms with Crippen LogP contribution in [0, 0.1) is 13.8 Å². The lowest BCUT2D eigenvalue weighted by molar-refractivity contribution is 0.657. The first-order chi connectivity index (χ1) is 9.63. The van der Waals surface area contributed by atoms with Gasteiger partial charge in [0.15, 0.2) is 0 Å². The molecule has 0 amide bonds. The Balaban J connectivity index is 2.06. The summed E-state index contributed by atoms with van der Waals surface area (Å²) in [4.78, 5) is 1.33. The van der Waals surface area contributed by atoms with Crippen molar-refractivity contribution in [3.05, 3.63) is 37.7 Å². The van der Waals surface area contributed by atoms with Gasteiger partial charge in [-0.25, -0.2) is 0 Å². The van der Waals surface area contributed by atoms with Crippen LogP contribution in [0.25, 0.3) is 0 Å². The van der Waals surface area contributed by atoms with Crippen LogP contribution in [0.5, 0.6) is 0 Å². The molecule has 0 atom stereocenters. The first-order valence-electron chi connectivity index (χ1n) is 7.09. The summed E-state index contributed by atoms with van der Waals surface area (Å²) in [7, 11) is 0. The smallest absolute Gasteiger partial charge is 0.0766 e. The molecular formula is C15H22BrN3S. The molecule has 3 nitrogen and oxygen atoms in total. The quantitative estimate of drug-likeness (QED) is 0.763. The van der Waals surface area contributed by atoms with E-state index in [0.29, 0.717) is 0 Å². The highest BCUT2D eigenvalue weighted by atomic mass is 79.9. The van der Waals surface area contributed by atoms with E-state index in [1.54, 1.807) is 11.3 Å². The Morgan fingerprint density at radius 2 is 2.15 bits per heavy atom. The minimum Gasteiger partial charge on any atom is -0.316 e. The van der Waals surface area contributed by atoms with Gasteiger partial charge >= 0.3 is 0 Å². The molecular weight excluding hydrogens is 334 g/mol. The van der Waals surface area contributed by atoms with Gasteiger partial charge < -0.3 is 5.32 Å². The molecule has 2 heterocycles. The maximum Gasteiger partial charge on any atom is 0.0766 e. The van der Waals surface area contributed by atoms with Crippen molar-refractivity contribution in [2.75, 3.05) is 13.1 Å². The first kappa shape index (κ1) is 15.7. The van der Waals surface area contributed by atoms with Crippen LogP contribution < -0.4 is 5.32 Å². The lowest BCUT2D eigenvalue weighted by Crippen LogP contribution is -2.18. The average molecular weight is 356 g/mol. The van der Waals surface area contributed by atoms with Crippen molar-refractivity contribution in [3.8, 4) is 0 Å². The molecule has 0 unspecified atom stereocenters. The summed E-state index contributed by atoms with van der Waals surface area (Å²) in [6.07, 6.45) is 2.24. The Hall–Kier alpha value is -0.650. The molecule has 0 aliphatic carbocycles. The number of hydrogen-bond acceptors (Lipinski definition) is 3. The summed E-state index contributed by atoms with van der Waals surface area (Å²) in [5.74, 6) is 0. The van der Waals surface area contributed by atoms with Crippen LogP contribution in [0.15, 0.2) is 15.9 Å². The van der Waals surface area contributed by atoms with Gasteiger partial charge in [-0.15, -0.1) is 11.3 Å². The lowest BCUT2D eigenvalue weighted by Gasteiger charge is -2.06. The molecule has 0 bridgehead atoms. The highest BCUT2D eigenvalue weighted by Crippen LogP contribution is 2.24. The summed E-state index contributed by atoms with van der Waals surface area (Å²) >= 11 is 5.36. The Bertz CT molecular complexity index is 559. The van der Waals surface area contributed by atoms with E-state index in [-0.39, 0.29) is 0 Å². The van der Waals surface area contributed by atoms with Crippen LogP contribution in [-0.4, -0.2) is 22.9 Å². The van der Waals surface area contributed by atoms with Gasteiger partial charge in [0.2, 0.25) is 0 Å². The second-order valence-electron chi connectivity index (χ2n) is 5.00. The fraction of sp³-hybridized carbons (Fsp3) is 0.533. The number of aromatic nitrogens is 2. The van der Waals surface area contributed by atoms with Crippen LogP contribution in [0.1, 0.15) is 35.2 Å². The molecule has 0 spiro atoms. The summed E-state index contributed by atoms with van der Waals surface area (Å²) in [6, 6.07) is 2.10. The van der Waals surface area contributed by atoms with Crippen LogP contribution in [0.3, 0.4) is 0 Å². The molecule has 2 aromatic heterocycles. The van der Waals surface area contributed by atoms with Gasteiger partial charge in [-0.2, -0.15) is 5.10 Å². The summed E-state index contributed by atoms with van der Waals surface area (Å²) in [5.41, 5.74) is 3.84. The highest BCUT2D eigenvalue weighted by Gasteiger charge is 2.12. The molecule has 5 heteroatoms. The first-order valence-corrected chi connectivity index (χ1v) is 8.76. The fourth-order valence-corrected chi connectivity index (χ4v) is 3.80. The molecule has 0 saturated heterocycles. The molecule has 2 rings (SSSR count). The Morgan fingerprint density at radius 1 is 1.35 bits per heavy atom. The lowest BCUT2D eigenvalue weighted by atomic mass is 10.1. The van der Waals surface area contributed by atoms with Crippen LogP contribution in [-0.2, 0) is 13.0 Å². The van der Waals surface area contributed by atoms with E-state index in [2.05, 4.69) is 58.1 Å². The topological polar surface area (TPSA) is 29.9 Å². The predicted molar refractivity (Wildman–Crippen MR) is 89.7 cm³/mol. The number of halogens is 1. The molecule has 0 radical (unpaired) electrons. The molecule has 2 aromatic rings. The molecule has 1 N–H and O–H groups in total. The predicted octanol–water partition coefficient (Wildman–Crippen LogP) is 3.91. The van der Waals surface area contributed by atoms with E-state index in [1.807, 2.05) is 0 Å². The monoisotopic (exact) mass is 355 g/mol. The van der Waals surface area contributed by atoms with Crippen LogP contribution in [0.4, 0.5) is 0 Å². The SMILES string of the molecule is CCCNCCc1c(C)nn(Cc2sccc2Br)c1C. The van der Waals surface area contributed by atoms with Crippen molar-refractivity contribution in [1.82, 2.24) is 15.1 Å². The van der Waals surface area contributed by atoms with Crippen molar-refractivity contribution in [3.63, 3.8) is 0 Å². The molecule has 0 aromatic carbocycles. The maximum atomic E-state index is 4.70. The standard InChI is InChI=1S/C15H22BrN3S/c1-4-7-17-8-5-13-11(2)18-19(12(13)3)10-15-14(16)6-9-20-15/h6,9,17H,4-5,7-8,10H2,1-3H3. The normalized spacial score (nSPS) is 11.2. The maximum absolute atomic E-state index is 4.70. The van der Waals surface area contributed by atoms with Gasteiger partial charge in [0.25, 0.3) is 0 Å². The number of nitrogens with zero attached hydrogens (tertiary/aromatic N) is 2. The molecule has 0 saturated carbocycles. The third kappa shape index (κ3) is 3.71. The van der Waals surface area contributed by atoms with Crippen molar-refractivity contribution >= 4 is 27.3 Å². The molecule has 0 fully saturated rings. The van der Waals surface area contributed by atoms with E-state index in [0.717, 1.165) is 31.7 Å². The highest BCUT2D eigenvalue weighted by molar-refractivity contribution is 9.10. The van der Waals surface area contributed by atoms with Gasteiger partial charge in [-0.3, -0.25) is 4.68 Å². The zero-order chi connectivity index (χ0) is 14.5. The summed E-state index contributed by atoms with van der Waals surface area (Å²) in [5, 5.41) is 10.3. The van der Waals surface area contributed by atoms with E-state index in [9.17, 15) is 0 Å². The number of hydrogen-bond donors (Lipinski definition) is 1. The zero-order valence-electron chi connectivity index (χ0n) is 12.4. The fourth-order valence-electron chi connectivity index (χ4n) is 2.34. The third-order valence-corrected chi connectivity index (χ3v) is 5.41. The van der Waals surface area contributed by atoms with Gasteiger partial charge in [0.1, 0.15) is 0 Å². The average Bonchev–Trinajstić information content (AvgIpc) is 2.93. The van der Waals surface area contributed by atoms with Crippen molar-refractivity contribution in [2.24, 2.45) is 0 Å². The number of aryl methyl sites for hydroxylation is 1. The van der Waals surface area contributed by atoms with Crippen LogP contribution in [0.2, 0.25) is 0 Å². The van der Waals surface area contributed by atoms with E-state index < -0.39 is 0 Å². The number of thiophene rings is 1. The van der Waals surface area contributed by atoms with Crippen molar-refractivity contribution < 1.29 is 0 Å². The molecule has 110 valence electrons. The van der Waals surface area contributed by atoms with Gasteiger partial charge in [-0.05, 0) is 72.7 Å². The van der Waals surface area contributed by atoms with Gasteiger partial charge in [-0.1, -0.05) is 6.92 Å². The second-order valence-corrected chi connectivity index (χ2v) is 6.85. The van der Waals surface area contributed by atoms with Gasteiger partial charge in [0.05, 0.1) is 12.2 Å². The van der Waals surface area contributed by atoms with E-state index >= 15 is 0 Å². The summed E-state index contributed by atoms with van der Waals surface area (Å²) in [6.45, 7) is 9.46. The number of rotatable bonds is 7. The van der Waals surface area contributed by atoms with Crippen LogP contribution >= 0.6 is 27.3 Å². The zero-order valence-corrected chi connectivity index (χ0v) is 14.8. The summed E-state index contributed by atoms with van der Waals surface area (Å²) < 4.78 is 3.31. The van der Waals surface area contributed by atoms with Crippen molar-refractivity contribution in [2.45, 2.75) is 40.2 Å². The molecule has 0 aliphatic rings. The Kier molecular flexibility index (Phi) is 5.81. The Labute approximate surface area is 133 Å². The van der Waals surface area contributed by atoms with E-state index in [4.69, 9.17) is 5.10 Å². The third-order valence-electron chi connectivity index (χ3n) is 3.49. The largest absolute Gasteiger partial charge is 0.316 e.